The molecule has 1 N–H and O–H groups in total. The Bertz CT molecular complexity index is 421. The molecule has 0 radical (unpaired) electrons. The summed E-state index contributed by atoms with van der Waals surface area (Å²) >= 11 is 0. The zero-order valence-electron chi connectivity index (χ0n) is 13.0. The fourth-order valence-electron chi connectivity index (χ4n) is 3.43. The Hall–Kier alpha value is -1.06. The first-order valence-corrected chi connectivity index (χ1v) is 8.33. The first-order chi connectivity index (χ1) is 10.3. The van der Waals surface area contributed by atoms with Gasteiger partial charge in [-0.25, -0.2) is 0 Å². The van der Waals surface area contributed by atoms with Crippen molar-refractivity contribution in [1.29, 1.82) is 0 Å². The van der Waals surface area contributed by atoms with Crippen LogP contribution in [0.25, 0.3) is 0 Å². The van der Waals surface area contributed by atoms with Gasteiger partial charge in [-0.05, 0) is 30.0 Å². The standard InChI is InChI=1S/C18H27NO2/c1-20-16-9-7-15(8-10-16)12-19-17(18-13-21-18)11-14-5-3-2-4-6-14/h7-10,14,17-19H,2-6,11-13H2,1H3/t17-,18+/m0/s1. The predicted octanol–water partition coefficient (Wildman–Crippen LogP) is 3.52. The minimum Gasteiger partial charge on any atom is -0.497 e. The molecule has 2 fully saturated rings. The molecule has 1 aromatic carbocycles. The van der Waals surface area contributed by atoms with Crippen molar-refractivity contribution < 1.29 is 9.47 Å². The number of epoxide rings is 1. The van der Waals surface area contributed by atoms with Crippen LogP contribution in [0.3, 0.4) is 0 Å². The van der Waals surface area contributed by atoms with Crippen LogP contribution in [0.1, 0.15) is 44.1 Å². The number of nitrogens with one attached hydrogen (secondary N) is 1. The van der Waals surface area contributed by atoms with Crippen LogP contribution >= 0.6 is 0 Å². The zero-order chi connectivity index (χ0) is 14.5. The first kappa shape index (κ1) is 14.9. The number of ether oxygens (including phenoxy) is 2. The van der Waals surface area contributed by atoms with Crippen LogP contribution < -0.4 is 10.1 Å². The van der Waals surface area contributed by atoms with E-state index < -0.39 is 0 Å². The molecule has 1 aliphatic heterocycles. The highest BCUT2D eigenvalue weighted by molar-refractivity contribution is 5.27. The van der Waals surface area contributed by atoms with E-state index in [1.807, 2.05) is 12.1 Å². The van der Waals surface area contributed by atoms with Crippen LogP contribution in [0.5, 0.6) is 5.75 Å². The lowest BCUT2D eigenvalue weighted by atomic mass is 9.84. The number of methoxy groups -OCH3 is 1. The molecule has 3 rings (SSSR count). The summed E-state index contributed by atoms with van der Waals surface area (Å²) in [6.45, 7) is 1.86. The minimum atomic E-state index is 0.449. The Kier molecular flexibility index (Phi) is 5.15. The lowest BCUT2D eigenvalue weighted by Crippen LogP contribution is -2.36. The largest absolute Gasteiger partial charge is 0.497 e. The molecule has 0 amide bonds. The fraction of sp³-hybridized carbons (Fsp3) is 0.667. The molecule has 3 nitrogen and oxygen atoms in total. The van der Waals surface area contributed by atoms with Crippen molar-refractivity contribution in [1.82, 2.24) is 5.32 Å². The summed E-state index contributed by atoms with van der Waals surface area (Å²) in [5, 5.41) is 3.72. The second-order valence-electron chi connectivity index (χ2n) is 6.45. The number of hydrogen-bond donors (Lipinski definition) is 1. The number of rotatable bonds is 7. The molecule has 0 bridgehead atoms. The van der Waals surface area contributed by atoms with E-state index in [1.54, 1.807) is 7.11 Å². The van der Waals surface area contributed by atoms with Gasteiger partial charge >= 0.3 is 0 Å². The summed E-state index contributed by atoms with van der Waals surface area (Å²) in [4.78, 5) is 0. The quantitative estimate of drug-likeness (QED) is 0.780. The third-order valence-electron chi connectivity index (χ3n) is 4.85. The van der Waals surface area contributed by atoms with E-state index in [9.17, 15) is 0 Å². The molecule has 21 heavy (non-hydrogen) atoms. The van der Waals surface area contributed by atoms with E-state index in [4.69, 9.17) is 9.47 Å². The topological polar surface area (TPSA) is 33.8 Å². The minimum absolute atomic E-state index is 0.449. The highest BCUT2D eigenvalue weighted by Crippen LogP contribution is 2.30. The van der Waals surface area contributed by atoms with Crippen molar-refractivity contribution in [2.75, 3.05) is 13.7 Å². The van der Waals surface area contributed by atoms with Crippen molar-refractivity contribution in [3.63, 3.8) is 0 Å². The van der Waals surface area contributed by atoms with Gasteiger partial charge in [0.15, 0.2) is 0 Å². The van der Waals surface area contributed by atoms with E-state index in [0.717, 1.165) is 24.8 Å². The van der Waals surface area contributed by atoms with Gasteiger partial charge in [0.05, 0.1) is 19.8 Å². The third kappa shape index (κ3) is 4.45. The normalized spacial score (nSPS) is 23.8. The lowest BCUT2D eigenvalue weighted by molar-refractivity contribution is 0.259. The summed E-state index contributed by atoms with van der Waals surface area (Å²) in [6.07, 6.45) is 8.82. The highest BCUT2D eigenvalue weighted by atomic mass is 16.6. The first-order valence-electron chi connectivity index (χ1n) is 8.33. The SMILES string of the molecule is COc1ccc(CN[C@@H](CC2CCCCC2)[C@H]2CO2)cc1. The summed E-state index contributed by atoms with van der Waals surface area (Å²) < 4.78 is 10.8. The van der Waals surface area contributed by atoms with Gasteiger partial charge in [-0.2, -0.15) is 0 Å². The average Bonchev–Trinajstić information content (AvgIpc) is 3.38. The van der Waals surface area contributed by atoms with Gasteiger partial charge in [-0.1, -0.05) is 44.2 Å². The third-order valence-corrected chi connectivity index (χ3v) is 4.85. The maximum absolute atomic E-state index is 5.55. The molecule has 116 valence electrons. The molecule has 1 saturated carbocycles. The molecule has 2 aliphatic rings. The van der Waals surface area contributed by atoms with Gasteiger partial charge in [0.25, 0.3) is 0 Å². The van der Waals surface area contributed by atoms with Gasteiger partial charge in [0, 0.05) is 12.6 Å². The van der Waals surface area contributed by atoms with Gasteiger partial charge < -0.3 is 14.8 Å². The van der Waals surface area contributed by atoms with Crippen LogP contribution in [0.4, 0.5) is 0 Å². The van der Waals surface area contributed by atoms with Gasteiger partial charge in [-0.3, -0.25) is 0 Å². The molecule has 0 unspecified atom stereocenters. The van der Waals surface area contributed by atoms with Crippen LogP contribution in [-0.2, 0) is 11.3 Å². The lowest BCUT2D eigenvalue weighted by Gasteiger charge is -2.26. The molecule has 3 heteroatoms. The monoisotopic (exact) mass is 289 g/mol. The van der Waals surface area contributed by atoms with Crippen molar-refractivity contribution in [2.45, 2.75) is 57.2 Å². The Morgan fingerprint density at radius 2 is 1.90 bits per heavy atom. The van der Waals surface area contributed by atoms with Crippen LogP contribution in [-0.4, -0.2) is 25.9 Å². The fourth-order valence-corrected chi connectivity index (χ4v) is 3.43. The Labute approximate surface area is 128 Å². The van der Waals surface area contributed by atoms with E-state index in [-0.39, 0.29) is 0 Å². The Balaban J connectivity index is 1.50. The maximum atomic E-state index is 5.55. The average molecular weight is 289 g/mol. The maximum Gasteiger partial charge on any atom is 0.118 e. The van der Waals surface area contributed by atoms with Gasteiger partial charge in [-0.15, -0.1) is 0 Å². The molecule has 0 aromatic heterocycles. The molecule has 1 saturated heterocycles. The summed E-state index contributed by atoms with van der Waals surface area (Å²) in [5.41, 5.74) is 1.31. The van der Waals surface area contributed by atoms with Crippen molar-refractivity contribution >= 4 is 0 Å². The number of hydrogen-bond acceptors (Lipinski definition) is 3. The van der Waals surface area contributed by atoms with Gasteiger partial charge in [0.1, 0.15) is 5.75 Å². The predicted molar refractivity (Wildman–Crippen MR) is 84.6 cm³/mol. The van der Waals surface area contributed by atoms with Crippen LogP contribution in [0.15, 0.2) is 24.3 Å². The molecular weight excluding hydrogens is 262 g/mol. The zero-order valence-corrected chi connectivity index (χ0v) is 13.0. The molecule has 1 aliphatic carbocycles. The Morgan fingerprint density at radius 3 is 2.52 bits per heavy atom. The van der Waals surface area contributed by atoms with E-state index in [2.05, 4.69) is 17.4 Å². The van der Waals surface area contributed by atoms with Crippen LogP contribution in [0.2, 0.25) is 0 Å². The van der Waals surface area contributed by atoms with E-state index in [1.165, 1.54) is 44.1 Å². The van der Waals surface area contributed by atoms with E-state index in [0.29, 0.717) is 12.1 Å². The van der Waals surface area contributed by atoms with Crippen LogP contribution in [0, 0.1) is 5.92 Å². The summed E-state index contributed by atoms with van der Waals surface area (Å²) in [6, 6.07) is 8.85. The molecule has 1 aromatic rings. The van der Waals surface area contributed by atoms with Crippen molar-refractivity contribution in [3.05, 3.63) is 29.8 Å². The van der Waals surface area contributed by atoms with E-state index >= 15 is 0 Å². The second-order valence-corrected chi connectivity index (χ2v) is 6.45. The Morgan fingerprint density at radius 1 is 1.19 bits per heavy atom. The molecule has 0 spiro atoms. The summed E-state index contributed by atoms with van der Waals surface area (Å²) in [5.74, 6) is 1.82. The van der Waals surface area contributed by atoms with Crippen molar-refractivity contribution in [2.24, 2.45) is 5.92 Å². The number of benzene rings is 1. The van der Waals surface area contributed by atoms with Crippen molar-refractivity contribution in [3.8, 4) is 5.75 Å². The smallest absolute Gasteiger partial charge is 0.118 e. The van der Waals surface area contributed by atoms with Gasteiger partial charge in [0.2, 0.25) is 0 Å². The second kappa shape index (κ2) is 7.28. The molecular formula is C18H27NO2. The highest BCUT2D eigenvalue weighted by Gasteiger charge is 2.34. The summed E-state index contributed by atoms with van der Waals surface area (Å²) in [7, 11) is 1.71. The molecule has 1 heterocycles. The molecule has 2 atom stereocenters.